The molecule has 10 atom stereocenters. The Labute approximate surface area is 188 Å². The first-order valence-corrected chi connectivity index (χ1v) is 10.9. The molecule has 2 fully saturated rings. The monoisotopic (exact) mass is 462 g/mol. The molecular formula is C22H38O10. The van der Waals surface area contributed by atoms with Crippen LogP contribution >= 0.6 is 0 Å². The van der Waals surface area contributed by atoms with Gasteiger partial charge in [0.15, 0.2) is 12.6 Å². The number of aliphatic hydroxyl groups excluding tert-OH is 6. The van der Waals surface area contributed by atoms with Gasteiger partial charge in [-0.3, -0.25) is 0 Å². The molecule has 10 heteroatoms. The molecule has 2 aliphatic heterocycles. The number of hydrogen-bond acceptors (Lipinski definition) is 10. The molecule has 186 valence electrons. The van der Waals surface area contributed by atoms with Crippen LogP contribution in [0.4, 0.5) is 0 Å². The summed E-state index contributed by atoms with van der Waals surface area (Å²) >= 11 is 0. The maximum absolute atomic E-state index is 10.2. The molecule has 0 unspecified atom stereocenters. The van der Waals surface area contributed by atoms with Gasteiger partial charge in [-0.25, -0.2) is 0 Å². The Kier molecular flexibility index (Phi) is 10.7. The molecule has 2 aliphatic rings. The Morgan fingerprint density at radius 2 is 1.34 bits per heavy atom. The first-order valence-electron chi connectivity index (χ1n) is 10.9. The van der Waals surface area contributed by atoms with Crippen LogP contribution in [0.25, 0.3) is 0 Å². The van der Waals surface area contributed by atoms with Crippen molar-refractivity contribution in [3.05, 3.63) is 23.3 Å². The molecule has 0 radical (unpaired) electrons. The van der Waals surface area contributed by atoms with Crippen molar-refractivity contribution in [2.24, 2.45) is 0 Å². The van der Waals surface area contributed by atoms with E-state index in [-0.39, 0.29) is 13.2 Å². The van der Waals surface area contributed by atoms with Gasteiger partial charge in [-0.15, -0.1) is 0 Å². The average molecular weight is 463 g/mol. The van der Waals surface area contributed by atoms with Gasteiger partial charge in [0.05, 0.1) is 19.3 Å². The molecule has 2 saturated heterocycles. The van der Waals surface area contributed by atoms with Gasteiger partial charge in [-0.05, 0) is 40.5 Å². The summed E-state index contributed by atoms with van der Waals surface area (Å²) in [5.41, 5.74) is 2.35. The van der Waals surface area contributed by atoms with Crippen molar-refractivity contribution in [2.75, 3.05) is 13.2 Å². The Bertz CT molecular complexity index is 634. The van der Waals surface area contributed by atoms with Gasteiger partial charge in [-0.1, -0.05) is 23.3 Å². The van der Waals surface area contributed by atoms with Crippen LogP contribution in [-0.2, 0) is 18.9 Å². The van der Waals surface area contributed by atoms with E-state index in [1.807, 2.05) is 26.8 Å². The average Bonchev–Trinajstić information content (AvgIpc) is 2.74. The molecule has 0 aromatic rings. The van der Waals surface area contributed by atoms with E-state index >= 15 is 0 Å². The van der Waals surface area contributed by atoms with Crippen molar-refractivity contribution in [3.8, 4) is 0 Å². The fourth-order valence-corrected chi connectivity index (χ4v) is 3.51. The first-order chi connectivity index (χ1) is 15.0. The van der Waals surface area contributed by atoms with Crippen LogP contribution in [0.15, 0.2) is 23.3 Å². The topological polar surface area (TPSA) is 158 Å². The zero-order valence-electron chi connectivity index (χ0n) is 19.1. The first kappa shape index (κ1) is 27.3. The zero-order valence-corrected chi connectivity index (χ0v) is 19.1. The second kappa shape index (κ2) is 12.5. The van der Waals surface area contributed by atoms with Crippen LogP contribution in [0, 0.1) is 0 Å². The van der Waals surface area contributed by atoms with Gasteiger partial charge < -0.3 is 49.6 Å². The summed E-state index contributed by atoms with van der Waals surface area (Å²) in [4.78, 5) is 0. The van der Waals surface area contributed by atoms with Crippen LogP contribution in [0.5, 0.6) is 0 Å². The lowest BCUT2D eigenvalue weighted by molar-refractivity contribution is -0.326. The minimum Gasteiger partial charge on any atom is -0.388 e. The minimum atomic E-state index is -1.53. The van der Waals surface area contributed by atoms with Crippen LogP contribution in [-0.4, -0.2) is 105 Å². The molecule has 2 rings (SSSR count). The molecule has 32 heavy (non-hydrogen) atoms. The summed E-state index contributed by atoms with van der Waals surface area (Å²) < 4.78 is 21.9. The number of aliphatic hydroxyl groups is 6. The van der Waals surface area contributed by atoms with Crippen molar-refractivity contribution in [3.63, 3.8) is 0 Å². The molecular weight excluding hydrogens is 424 g/mol. The summed E-state index contributed by atoms with van der Waals surface area (Å²) in [7, 11) is 0. The van der Waals surface area contributed by atoms with Gasteiger partial charge in [0.2, 0.25) is 0 Å². The van der Waals surface area contributed by atoms with Gasteiger partial charge in [0.25, 0.3) is 0 Å². The second-order valence-corrected chi connectivity index (χ2v) is 8.73. The van der Waals surface area contributed by atoms with E-state index in [1.54, 1.807) is 0 Å². The predicted octanol–water partition coefficient (Wildman–Crippen LogP) is -0.653. The van der Waals surface area contributed by atoms with E-state index in [1.165, 1.54) is 12.5 Å². The quantitative estimate of drug-likeness (QED) is 0.243. The minimum absolute atomic E-state index is 0.144. The maximum atomic E-state index is 10.2. The highest BCUT2D eigenvalue weighted by molar-refractivity contribution is 5.02. The highest BCUT2D eigenvalue weighted by Gasteiger charge is 2.46. The standard InChI is InChI=1S/C22H38O10/c1-11(2)6-5-7-12(3)8-9-29-21-20(28)18(26)16(24)14(32-21)10-30-22-19(27)17(25)15(23)13(4)31-22/h6,8,13-28H,5,7,9-10H2,1-4H3/b12-8+/t13-,14+,15-,16+,17+,18-,19+,20+,21+,22+/m0/s1. The Morgan fingerprint density at radius 3 is 1.97 bits per heavy atom. The van der Waals surface area contributed by atoms with Crippen molar-refractivity contribution in [1.82, 2.24) is 0 Å². The van der Waals surface area contributed by atoms with Gasteiger partial charge in [-0.2, -0.15) is 0 Å². The molecule has 6 N–H and O–H groups in total. The van der Waals surface area contributed by atoms with E-state index in [9.17, 15) is 30.6 Å². The van der Waals surface area contributed by atoms with Crippen molar-refractivity contribution < 1.29 is 49.6 Å². The second-order valence-electron chi connectivity index (χ2n) is 8.73. The van der Waals surface area contributed by atoms with E-state index < -0.39 is 61.4 Å². The van der Waals surface area contributed by atoms with Gasteiger partial charge >= 0.3 is 0 Å². The smallest absolute Gasteiger partial charge is 0.187 e. The maximum Gasteiger partial charge on any atom is 0.187 e. The Balaban J connectivity index is 1.89. The number of allylic oxidation sites excluding steroid dienone is 3. The lowest BCUT2D eigenvalue weighted by Crippen LogP contribution is -2.61. The summed E-state index contributed by atoms with van der Waals surface area (Å²) in [5.74, 6) is 0. The molecule has 0 bridgehead atoms. The predicted molar refractivity (Wildman–Crippen MR) is 113 cm³/mol. The van der Waals surface area contributed by atoms with Gasteiger partial charge in [0, 0.05) is 0 Å². The van der Waals surface area contributed by atoms with Crippen LogP contribution < -0.4 is 0 Å². The van der Waals surface area contributed by atoms with Crippen molar-refractivity contribution in [1.29, 1.82) is 0 Å². The van der Waals surface area contributed by atoms with Crippen LogP contribution in [0.1, 0.15) is 40.5 Å². The third kappa shape index (κ3) is 7.29. The summed E-state index contributed by atoms with van der Waals surface area (Å²) in [6, 6.07) is 0. The van der Waals surface area contributed by atoms with Crippen LogP contribution in [0.2, 0.25) is 0 Å². The molecule has 0 aliphatic carbocycles. The van der Waals surface area contributed by atoms with Crippen molar-refractivity contribution in [2.45, 2.75) is 102 Å². The molecule has 2 heterocycles. The summed E-state index contributed by atoms with van der Waals surface area (Å²) in [6.07, 6.45) is -7.28. The Hall–Kier alpha value is -0.920. The summed E-state index contributed by atoms with van der Waals surface area (Å²) in [5, 5.41) is 60.3. The number of hydrogen-bond donors (Lipinski definition) is 6. The third-order valence-corrected chi connectivity index (χ3v) is 5.69. The van der Waals surface area contributed by atoms with Crippen LogP contribution in [0.3, 0.4) is 0 Å². The highest BCUT2D eigenvalue weighted by atomic mass is 16.7. The largest absolute Gasteiger partial charge is 0.388 e. The Morgan fingerprint density at radius 1 is 0.750 bits per heavy atom. The van der Waals surface area contributed by atoms with E-state index in [0.717, 1.165) is 18.4 Å². The normalized spacial score (nSPS) is 40.9. The fraction of sp³-hybridized carbons (Fsp3) is 0.818. The SMILES string of the molecule is CC(C)=CCC/C(C)=C/CO[C@@H]1O[C@H](CO[C@@H]2O[C@@H](C)[C@H](O)[C@@H](O)[C@H]2O)[C@@H](O)[C@H](O)[C@H]1O. The molecule has 0 amide bonds. The molecule has 0 aromatic heterocycles. The van der Waals surface area contributed by atoms with Crippen molar-refractivity contribution >= 4 is 0 Å². The van der Waals surface area contributed by atoms with E-state index in [2.05, 4.69) is 6.08 Å². The molecule has 0 saturated carbocycles. The van der Waals surface area contributed by atoms with Gasteiger partial charge in [0.1, 0.15) is 42.7 Å². The third-order valence-electron chi connectivity index (χ3n) is 5.69. The number of ether oxygens (including phenoxy) is 4. The highest BCUT2D eigenvalue weighted by Crippen LogP contribution is 2.26. The number of rotatable bonds is 9. The van der Waals surface area contributed by atoms with E-state index in [4.69, 9.17) is 18.9 Å². The molecule has 0 aromatic carbocycles. The lowest BCUT2D eigenvalue weighted by Gasteiger charge is -2.42. The van der Waals surface area contributed by atoms with E-state index in [0.29, 0.717) is 0 Å². The summed E-state index contributed by atoms with van der Waals surface area (Å²) in [6.45, 7) is 7.39. The molecule has 0 spiro atoms. The fourth-order valence-electron chi connectivity index (χ4n) is 3.51. The molecule has 10 nitrogen and oxygen atoms in total. The zero-order chi connectivity index (χ0) is 24.0. The lowest BCUT2D eigenvalue weighted by atomic mass is 9.98.